The van der Waals surface area contributed by atoms with E-state index in [1.165, 1.54) is 0 Å². The summed E-state index contributed by atoms with van der Waals surface area (Å²) < 4.78 is 0. The minimum Gasteiger partial charge on any atom is -0.506 e. The number of fused-ring (bicyclic) bond motifs is 1. The first-order valence-corrected chi connectivity index (χ1v) is 8.99. The molecule has 0 heterocycles. The van der Waals surface area contributed by atoms with E-state index in [1.54, 1.807) is 6.07 Å². The van der Waals surface area contributed by atoms with Crippen LogP contribution >= 0.6 is 0 Å². The van der Waals surface area contributed by atoms with Gasteiger partial charge >= 0.3 is 0 Å². The van der Waals surface area contributed by atoms with Crippen LogP contribution in [0.25, 0.3) is 10.8 Å². The fourth-order valence-corrected chi connectivity index (χ4v) is 2.96. The van der Waals surface area contributed by atoms with Crippen LogP contribution in [-0.4, -0.2) is 12.2 Å². The molecule has 0 radical (unpaired) electrons. The summed E-state index contributed by atoms with van der Waals surface area (Å²) in [6, 6.07) is 28.9. The van der Waals surface area contributed by atoms with Crippen molar-refractivity contribution in [1.82, 2.24) is 0 Å². The zero-order valence-electron chi connectivity index (χ0n) is 15.4. The van der Waals surface area contributed by atoms with Crippen molar-refractivity contribution in [3.8, 4) is 5.75 Å². The fourth-order valence-electron chi connectivity index (χ4n) is 2.96. The van der Waals surface area contributed by atoms with Gasteiger partial charge in [0.15, 0.2) is 0 Å². The number of anilines is 2. The molecule has 0 amide bonds. The Morgan fingerprint density at radius 2 is 1.36 bits per heavy atom. The van der Waals surface area contributed by atoms with E-state index in [-0.39, 0.29) is 5.75 Å². The normalized spacial score (nSPS) is 11.0. The number of hydrogen-bond acceptors (Lipinski definition) is 5. The predicted octanol–water partition coefficient (Wildman–Crippen LogP) is 6.42. The molecule has 0 aliphatic carbocycles. The van der Waals surface area contributed by atoms with Gasteiger partial charge in [0.2, 0.25) is 0 Å². The second-order valence-corrected chi connectivity index (χ2v) is 6.40. The van der Waals surface area contributed by atoms with Gasteiger partial charge in [0.1, 0.15) is 11.4 Å². The SMILES string of the molecule is CN(Nc1c(O)ccc2ccccc12)c1ccc(N=Nc2ccccc2)cc1. The lowest BCUT2D eigenvalue weighted by Crippen LogP contribution is -2.24. The van der Waals surface area contributed by atoms with Crippen molar-refractivity contribution in [3.05, 3.63) is 91.0 Å². The molecule has 0 atom stereocenters. The lowest BCUT2D eigenvalue weighted by Gasteiger charge is -2.23. The van der Waals surface area contributed by atoms with Crippen molar-refractivity contribution in [1.29, 1.82) is 0 Å². The summed E-state index contributed by atoms with van der Waals surface area (Å²) in [4.78, 5) is 0. The average molecular weight is 368 g/mol. The van der Waals surface area contributed by atoms with Crippen LogP contribution in [0.3, 0.4) is 0 Å². The molecular formula is C23H20N4O. The molecule has 0 aromatic heterocycles. The lowest BCUT2D eigenvalue weighted by atomic mass is 10.1. The second kappa shape index (κ2) is 7.80. The van der Waals surface area contributed by atoms with Crippen LogP contribution < -0.4 is 10.4 Å². The number of phenolic OH excluding ortho intramolecular Hbond substituents is 1. The Labute approximate surface area is 163 Å². The summed E-state index contributed by atoms with van der Waals surface area (Å²) in [7, 11) is 1.90. The van der Waals surface area contributed by atoms with E-state index in [1.807, 2.05) is 97.0 Å². The summed E-state index contributed by atoms with van der Waals surface area (Å²) in [5.74, 6) is 0.207. The van der Waals surface area contributed by atoms with Crippen LogP contribution in [0, 0.1) is 0 Å². The first-order valence-electron chi connectivity index (χ1n) is 8.99. The third-order valence-corrected chi connectivity index (χ3v) is 4.46. The van der Waals surface area contributed by atoms with Gasteiger partial charge in [0.25, 0.3) is 0 Å². The molecule has 2 N–H and O–H groups in total. The maximum atomic E-state index is 10.3. The Kier molecular flexibility index (Phi) is 4.89. The van der Waals surface area contributed by atoms with Crippen LogP contribution in [0.1, 0.15) is 0 Å². The number of nitrogens with zero attached hydrogens (tertiary/aromatic N) is 3. The minimum atomic E-state index is 0.207. The van der Waals surface area contributed by atoms with E-state index < -0.39 is 0 Å². The van der Waals surface area contributed by atoms with Gasteiger partial charge in [-0.1, -0.05) is 48.5 Å². The molecule has 0 bridgehead atoms. The molecule has 0 saturated carbocycles. The van der Waals surface area contributed by atoms with Gasteiger partial charge in [-0.2, -0.15) is 10.2 Å². The lowest BCUT2D eigenvalue weighted by molar-refractivity contribution is 0.478. The van der Waals surface area contributed by atoms with Gasteiger partial charge in [0.05, 0.1) is 17.1 Å². The number of benzene rings is 4. The van der Waals surface area contributed by atoms with Gasteiger partial charge in [-0.25, -0.2) is 0 Å². The standard InChI is InChI=1S/C23H20N4O/c1-27(26-23-21-10-6-5-7-17(21)11-16-22(23)28)20-14-12-19(13-15-20)25-24-18-8-3-2-4-9-18/h2-16,26,28H,1H3. The van der Waals surface area contributed by atoms with Crippen molar-refractivity contribution in [3.63, 3.8) is 0 Å². The Balaban J connectivity index is 1.52. The van der Waals surface area contributed by atoms with Gasteiger partial charge in [0, 0.05) is 12.4 Å². The number of hydrazine groups is 1. The number of phenols is 1. The van der Waals surface area contributed by atoms with E-state index in [4.69, 9.17) is 0 Å². The molecular weight excluding hydrogens is 348 g/mol. The highest BCUT2D eigenvalue weighted by Crippen LogP contribution is 2.33. The number of azo groups is 1. The molecule has 28 heavy (non-hydrogen) atoms. The number of nitrogens with one attached hydrogen (secondary N) is 1. The molecule has 0 aliphatic heterocycles. The summed E-state index contributed by atoms with van der Waals surface area (Å²) in [5, 5.41) is 22.7. The molecule has 138 valence electrons. The fraction of sp³-hybridized carbons (Fsp3) is 0.0435. The van der Waals surface area contributed by atoms with E-state index in [0.717, 1.165) is 27.8 Å². The largest absolute Gasteiger partial charge is 0.506 e. The zero-order valence-corrected chi connectivity index (χ0v) is 15.4. The molecule has 0 fully saturated rings. The predicted molar refractivity (Wildman–Crippen MR) is 115 cm³/mol. The smallest absolute Gasteiger partial charge is 0.141 e. The first-order chi connectivity index (χ1) is 13.7. The second-order valence-electron chi connectivity index (χ2n) is 6.40. The summed E-state index contributed by atoms with van der Waals surface area (Å²) in [5.41, 5.74) is 6.48. The van der Waals surface area contributed by atoms with Crippen molar-refractivity contribution in [2.45, 2.75) is 0 Å². The molecule has 5 heteroatoms. The van der Waals surface area contributed by atoms with Gasteiger partial charge in [-0.05, 0) is 47.9 Å². The third-order valence-electron chi connectivity index (χ3n) is 4.46. The summed E-state index contributed by atoms with van der Waals surface area (Å²) >= 11 is 0. The minimum absolute atomic E-state index is 0.207. The highest BCUT2D eigenvalue weighted by Gasteiger charge is 2.09. The first kappa shape index (κ1) is 17.5. The third kappa shape index (κ3) is 3.78. The molecule has 0 saturated heterocycles. The van der Waals surface area contributed by atoms with E-state index in [9.17, 15) is 5.11 Å². The highest BCUT2D eigenvalue weighted by molar-refractivity contribution is 5.97. The van der Waals surface area contributed by atoms with Crippen molar-refractivity contribution in [2.24, 2.45) is 10.2 Å². The van der Waals surface area contributed by atoms with E-state index >= 15 is 0 Å². The molecule has 5 nitrogen and oxygen atoms in total. The van der Waals surface area contributed by atoms with Crippen molar-refractivity contribution < 1.29 is 5.11 Å². The van der Waals surface area contributed by atoms with Gasteiger partial charge in [-0.3, -0.25) is 10.4 Å². The molecule has 4 aromatic carbocycles. The number of hydrogen-bond donors (Lipinski definition) is 2. The van der Waals surface area contributed by atoms with E-state index in [2.05, 4.69) is 15.7 Å². The monoisotopic (exact) mass is 368 g/mol. The van der Waals surface area contributed by atoms with Crippen LogP contribution in [0.15, 0.2) is 101 Å². The van der Waals surface area contributed by atoms with Crippen molar-refractivity contribution in [2.75, 3.05) is 17.5 Å². The van der Waals surface area contributed by atoms with Crippen LogP contribution in [0.5, 0.6) is 5.75 Å². The number of rotatable bonds is 5. The highest BCUT2D eigenvalue weighted by atomic mass is 16.3. The molecule has 4 aromatic rings. The Morgan fingerprint density at radius 1 is 0.714 bits per heavy atom. The number of aromatic hydroxyl groups is 1. The maximum Gasteiger partial charge on any atom is 0.141 e. The zero-order chi connectivity index (χ0) is 19.3. The maximum absolute atomic E-state index is 10.3. The Hall–Kier alpha value is -3.86. The van der Waals surface area contributed by atoms with Crippen LogP contribution in [0.4, 0.5) is 22.7 Å². The van der Waals surface area contributed by atoms with Crippen LogP contribution in [-0.2, 0) is 0 Å². The quantitative estimate of drug-likeness (QED) is 0.243. The van der Waals surface area contributed by atoms with Gasteiger partial charge < -0.3 is 5.11 Å². The summed E-state index contributed by atoms with van der Waals surface area (Å²) in [6.07, 6.45) is 0. The topological polar surface area (TPSA) is 60.2 Å². The van der Waals surface area contributed by atoms with E-state index in [0.29, 0.717) is 5.69 Å². The molecule has 4 rings (SSSR count). The van der Waals surface area contributed by atoms with Crippen molar-refractivity contribution >= 4 is 33.5 Å². The molecule has 0 unspecified atom stereocenters. The Morgan fingerprint density at radius 3 is 2.11 bits per heavy atom. The summed E-state index contributed by atoms with van der Waals surface area (Å²) in [6.45, 7) is 0. The average Bonchev–Trinajstić information content (AvgIpc) is 2.75. The molecule has 0 aliphatic rings. The van der Waals surface area contributed by atoms with Crippen LogP contribution in [0.2, 0.25) is 0 Å². The van der Waals surface area contributed by atoms with Gasteiger partial charge in [-0.15, -0.1) is 0 Å². The molecule has 0 spiro atoms. The Bertz CT molecular complexity index is 1110.